The predicted octanol–water partition coefficient (Wildman–Crippen LogP) is 3.00. The maximum atomic E-state index is 13.0. The first kappa shape index (κ1) is 29.3. The summed E-state index contributed by atoms with van der Waals surface area (Å²) in [5.41, 5.74) is 0.0898. The van der Waals surface area contributed by atoms with Gasteiger partial charge in [0.05, 0.1) is 4.90 Å². The first-order valence-corrected chi connectivity index (χ1v) is 13.6. The summed E-state index contributed by atoms with van der Waals surface area (Å²) < 4.78 is 27.2. The van der Waals surface area contributed by atoms with E-state index in [-0.39, 0.29) is 42.2 Å². The number of nitrogens with one attached hydrogen (secondary N) is 1. The molecule has 10 heteroatoms. The number of carbonyl (C=O) groups excluding carboxylic acids is 1. The number of hydrogen-bond acceptors (Lipinski definition) is 5. The molecule has 1 aliphatic carbocycles. The SMILES string of the molecule is CN1CCN(C2(CNC(=O)C3CCN(S(=O)(=O)c4ccccc4)CC3)CCCCC2)CC1.Cl.Cl. The van der Waals surface area contributed by atoms with Gasteiger partial charge in [0.25, 0.3) is 0 Å². The number of hydrogen-bond donors (Lipinski definition) is 1. The minimum atomic E-state index is -3.48. The number of nitrogens with zero attached hydrogens (tertiary/aromatic N) is 3. The summed E-state index contributed by atoms with van der Waals surface area (Å²) in [6.07, 6.45) is 7.24. The highest BCUT2D eigenvalue weighted by atomic mass is 35.5. The Bertz CT molecular complexity index is 865. The van der Waals surface area contributed by atoms with Crippen molar-refractivity contribution in [2.45, 2.75) is 55.4 Å². The molecule has 3 fully saturated rings. The summed E-state index contributed by atoms with van der Waals surface area (Å²) in [6.45, 7) is 5.84. The number of piperazine rings is 1. The number of carbonyl (C=O) groups is 1. The van der Waals surface area contributed by atoms with Gasteiger partial charge in [-0.05, 0) is 44.9 Å². The van der Waals surface area contributed by atoms with Crippen LogP contribution in [0.15, 0.2) is 35.2 Å². The van der Waals surface area contributed by atoms with E-state index in [2.05, 4.69) is 22.2 Å². The van der Waals surface area contributed by atoms with E-state index in [9.17, 15) is 13.2 Å². The van der Waals surface area contributed by atoms with Crippen LogP contribution in [0, 0.1) is 5.92 Å². The highest BCUT2D eigenvalue weighted by molar-refractivity contribution is 7.89. The van der Waals surface area contributed by atoms with Crippen LogP contribution in [0.3, 0.4) is 0 Å². The molecule has 4 rings (SSSR count). The Balaban J connectivity index is 0.00000204. The second-order valence-corrected chi connectivity index (χ2v) is 11.7. The topological polar surface area (TPSA) is 73.0 Å². The molecular weight excluding hydrogens is 495 g/mol. The zero-order chi connectivity index (χ0) is 22.6. The molecule has 7 nitrogen and oxygen atoms in total. The summed E-state index contributed by atoms with van der Waals surface area (Å²) in [7, 11) is -1.30. The third kappa shape index (κ3) is 6.65. The normalized spacial score (nSPS) is 22.9. The van der Waals surface area contributed by atoms with Gasteiger partial charge in [-0.3, -0.25) is 9.69 Å². The van der Waals surface area contributed by atoms with E-state index in [0.717, 1.165) is 45.6 Å². The van der Waals surface area contributed by atoms with E-state index >= 15 is 0 Å². The molecule has 34 heavy (non-hydrogen) atoms. The Hall–Kier alpha value is -0.900. The fourth-order valence-corrected chi connectivity index (χ4v) is 7.08. The van der Waals surface area contributed by atoms with Gasteiger partial charge in [0.1, 0.15) is 0 Å². The van der Waals surface area contributed by atoms with Crippen LogP contribution in [0.4, 0.5) is 0 Å². The van der Waals surface area contributed by atoms with Gasteiger partial charge < -0.3 is 10.2 Å². The first-order chi connectivity index (χ1) is 15.4. The minimum absolute atomic E-state index is 0. The number of sulfonamides is 1. The lowest BCUT2D eigenvalue weighted by Gasteiger charge is -2.49. The fraction of sp³-hybridized carbons (Fsp3) is 0.708. The van der Waals surface area contributed by atoms with Crippen LogP contribution in [-0.4, -0.2) is 86.8 Å². The molecule has 1 amide bonds. The molecule has 1 aromatic rings. The van der Waals surface area contributed by atoms with Gasteiger partial charge >= 0.3 is 0 Å². The van der Waals surface area contributed by atoms with E-state index in [1.54, 1.807) is 24.3 Å². The van der Waals surface area contributed by atoms with Crippen molar-refractivity contribution in [3.8, 4) is 0 Å². The van der Waals surface area contributed by atoms with Crippen LogP contribution < -0.4 is 5.32 Å². The van der Waals surface area contributed by atoms with E-state index in [0.29, 0.717) is 30.8 Å². The zero-order valence-electron chi connectivity index (χ0n) is 20.2. The number of piperidine rings is 1. The van der Waals surface area contributed by atoms with Crippen molar-refractivity contribution in [1.82, 2.24) is 19.4 Å². The Labute approximate surface area is 217 Å². The number of benzene rings is 1. The summed E-state index contributed by atoms with van der Waals surface area (Å²) in [4.78, 5) is 18.4. The first-order valence-electron chi connectivity index (χ1n) is 12.2. The van der Waals surface area contributed by atoms with Crippen LogP contribution in [-0.2, 0) is 14.8 Å². The molecule has 2 heterocycles. The largest absolute Gasteiger partial charge is 0.354 e. The maximum Gasteiger partial charge on any atom is 0.243 e. The van der Waals surface area contributed by atoms with Crippen molar-refractivity contribution in [2.75, 3.05) is 52.9 Å². The molecule has 0 spiro atoms. The Morgan fingerprint density at radius 2 is 1.53 bits per heavy atom. The van der Waals surface area contributed by atoms with Crippen molar-refractivity contribution in [3.05, 3.63) is 30.3 Å². The molecule has 194 valence electrons. The number of rotatable bonds is 6. The molecule has 1 saturated carbocycles. The summed E-state index contributed by atoms with van der Waals surface area (Å²) >= 11 is 0. The van der Waals surface area contributed by atoms with Gasteiger partial charge in [-0.15, -0.1) is 24.8 Å². The highest BCUT2D eigenvalue weighted by Gasteiger charge is 2.40. The van der Waals surface area contributed by atoms with E-state index in [1.165, 1.54) is 23.6 Å². The van der Waals surface area contributed by atoms with Gasteiger partial charge in [-0.1, -0.05) is 37.5 Å². The van der Waals surface area contributed by atoms with Crippen LogP contribution >= 0.6 is 24.8 Å². The quantitative estimate of drug-likeness (QED) is 0.607. The van der Waals surface area contributed by atoms with Crippen LogP contribution in [0.5, 0.6) is 0 Å². The third-order valence-corrected chi connectivity index (χ3v) is 9.67. The van der Waals surface area contributed by atoms with E-state index in [4.69, 9.17) is 0 Å². The van der Waals surface area contributed by atoms with Crippen molar-refractivity contribution in [3.63, 3.8) is 0 Å². The van der Waals surface area contributed by atoms with Gasteiger partial charge in [-0.25, -0.2) is 8.42 Å². The number of likely N-dealkylation sites (N-methyl/N-ethyl adjacent to an activating group) is 1. The van der Waals surface area contributed by atoms with Crippen LogP contribution in [0.25, 0.3) is 0 Å². The maximum absolute atomic E-state index is 13.0. The molecule has 1 aromatic carbocycles. The molecule has 0 aromatic heterocycles. The second kappa shape index (κ2) is 12.9. The molecule has 1 N–H and O–H groups in total. The molecule has 0 unspecified atom stereocenters. The third-order valence-electron chi connectivity index (χ3n) is 7.76. The average molecular weight is 536 g/mol. The van der Waals surface area contributed by atoms with Crippen LogP contribution in [0.2, 0.25) is 0 Å². The van der Waals surface area contributed by atoms with Crippen molar-refractivity contribution in [1.29, 1.82) is 0 Å². The summed E-state index contributed by atoms with van der Waals surface area (Å²) in [6, 6.07) is 8.58. The molecule has 0 radical (unpaired) electrons. The summed E-state index contributed by atoms with van der Waals surface area (Å²) in [5, 5.41) is 3.29. The Morgan fingerprint density at radius 3 is 2.12 bits per heavy atom. The monoisotopic (exact) mass is 534 g/mol. The van der Waals surface area contributed by atoms with Crippen LogP contribution in [0.1, 0.15) is 44.9 Å². The Morgan fingerprint density at radius 1 is 0.941 bits per heavy atom. The standard InChI is InChI=1S/C24H38N4O3S.2ClH/c1-26-16-18-27(19-17-26)24(12-6-3-7-13-24)20-25-23(29)21-10-14-28(15-11-21)32(30,31)22-8-4-2-5-9-22;;/h2,4-5,8-9,21H,3,6-7,10-20H2,1H3,(H,25,29);2*1H. The molecule has 2 aliphatic heterocycles. The number of halogens is 2. The predicted molar refractivity (Wildman–Crippen MR) is 140 cm³/mol. The van der Waals surface area contributed by atoms with Gasteiger partial charge in [0, 0.05) is 57.3 Å². The smallest absolute Gasteiger partial charge is 0.243 e. The van der Waals surface area contributed by atoms with Gasteiger partial charge in [0.15, 0.2) is 0 Å². The van der Waals surface area contributed by atoms with Gasteiger partial charge in [0.2, 0.25) is 15.9 Å². The van der Waals surface area contributed by atoms with Crippen molar-refractivity contribution < 1.29 is 13.2 Å². The fourth-order valence-electron chi connectivity index (χ4n) is 5.59. The minimum Gasteiger partial charge on any atom is -0.354 e. The zero-order valence-corrected chi connectivity index (χ0v) is 22.6. The average Bonchev–Trinajstić information content (AvgIpc) is 2.84. The van der Waals surface area contributed by atoms with E-state index in [1.807, 2.05) is 6.07 Å². The lowest BCUT2D eigenvalue weighted by molar-refractivity contribution is -0.127. The molecular formula is C24H40Cl2N4O3S. The molecule has 3 aliphatic rings. The highest BCUT2D eigenvalue weighted by Crippen LogP contribution is 2.34. The van der Waals surface area contributed by atoms with Crippen molar-refractivity contribution >= 4 is 40.7 Å². The summed E-state index contributed by atoms with van der Waals surface area (Å²) in [5.74, 6) is -0.00816. The van der Waals surface area contributed by atoms with Gasteiger partial charge in [-0.2, -0.15) is 4.31 Å². The number of amides is 1. The lowest BCUT2D eigenvalue weighted by Crippen LogP contribution is -2.61. The Kier molecular flexibility index (Phi) is 11.1. The second-order valence-electron chi connectivity index (χ2n) is 9.78. The molecule has 2 saturated heterocycles. The molecule has 0 bridgehead atoms. The van der Waals surface area contributed by atoms with E-state index < -0.39 is 10.0 Å². The van der Waals surface area contributed by atoms with Crippen molar-refractivity contribution in [2.24, 2.45) is 5.92 Å². The molecule has 0 atom stereocenters. The lowest BCUT2D eigenvalue weighted by atomic mass is 9.79.